The van der Waals surface area contributed by atoms with Crippen LogP contribution in [0, 0.1) is 11.6 Å². The summed E-state index contributed by atoms with van der Waals surface area (Å²) in [6.45, 7) is 4.45. The molecule has 5 nitrogen and oxygen atoms in total. The van der Waals surface area contributed by atoms with Gasteiger partial charge in [0, 0.05) is 45.3 Å². The van der Waals surface area contributed by atoms with Gasteiger partial charge in [-0.05, 0) is 24.6 Å². The molecule has 0 aliphatic carbocycles. The Kier molecular flexibility index (Phi) is 5.96. The Bertz CT molecular complexity index is 653. The lowest BCUT2D eigenvalue weighted by Gasteiger charge is -2.32. The van der Waals surface area contributed by atoms with Crippen molar-refractivity contribution < 1.29 is 17.2 Å². The average molecular weight is 368 g/mol. The molecule has 1 unspecified atom stereocenters. The summed E-state index contributed by atoms with van der Waals surface area (Å²) in [5.41, 5.74) is 0. The molecule has 0 saturated carbocycles. The van der Waals surface area contributed by atoms with Crippen molar-refractivity contribution in [1.29, 1.82) is 0 Å². The number of halogens is 3. The molecule has 3 rings (SSSR count). The summed E-state index contributed by atoms with van der Waals surface area (Å²) in [6, 6.07) is 2.92. The van der Waals surface area contributed by atoms with Crippen molar-refractivity contribution in [3.8, 4) is 0 Å². The number of hydrogen-bond acceptors (Lipinski definition) is 4. The first-order valence-corrected chi connectivity index (χ1v) is 8.82. The second-order valence-corrected chi connectivity index (χ2v) is 7.61. The van der Waals surface area contributed by atoms with Gasteiger partial charge in [0.15, 0.2) is 11.6 Å². The summed E-state index contributed by atoms with van der Waals surface area (Å²) in [5.74, 6) is -2.18. The van der Waals surface area contributed by atoms with Gasteiger partial charge in [0.25, 0.3) is 0 Å². The zero-order valence-electron chi connectivity index (χ0n) is 12.5. The molecule has 130 valence electrons. The van der Waals surface area contributed by atoms with Gasteiger partial charge in [-0.1, -0.05) is 0 Å². The van der Waals surface area contributed by atoms with E-state index in [0.717, 1.165) is 50.8 Å². The molecule has 2 heterocycles. The summed E-state index contributed by atoms with van der Waals surface area (Å²) < 4.78 is 52.7. The Morgan fingerprint density at radius 2 is 1.78 bits per heavy atom. The van der Waals surface area contributed by atoms with Crippen molar-refractivity contribution >= 4 is 22.4 Å². The molecule has 1 aromatic rings. The van der Waals surface area contributed by atoms with Crippen molar-refractivity contribution in [2.45, 2.75) is 17.4 Å². The zero-order valence-corrected chi connectivity index (χ0v) is 14.2. The molecule has 0 spiro atoms. The van der Waals surface area contributed by atoms with Crippen LogP contribution in [0.3, 0.4) is 0 Å². The lowest BCUT2D eigenvalue weighted by atomic mass is 10.2. The Morgan fingerprint density at radius 3 is 2.43 bits per heavy atom. The summed E-state index contributed by atoms with van der Waals surface area (Å²) in [6.07, 6.45) is 0.767. The molecule has 2 aliphatic rings. The van der Waals surface area contributed by atoms with Crippen LogP contribution in [-0.2, 0) is 10.0 Å². The van der Waals surface area contributed by atoms with Gasteiger partial charge in [-0.15, -0.1) is 12.4 Å². The molecule has 2 fully saturated rings. The molecular weight excluding hydrogens is 348 g/mol. The van der Waals surface area contributed by atoms with Crippen molar-refractivity contribution in [3.05, 3.63) is 29.8 Å². The minimum absolute atomic E-state index is 0. The largest absolute Gasteiger partial charge is 0.314 e. The molecule has 0 bridgehead atoms. The lowest BCUT2D eigenvalue weighted by molar-refractivity contribution is 0.179. The van der Waals surface area contributed by atoms with E-state index in [1.807, 2.05) is 0 Å². The fourth-order valence-electron chi connectivity index (χ4n) is 3.06. The smallest absolute Gasteiger partial charge is 0.243 e. The van der Waals surface area contributed by atoms with Crippen molar-refractivity contribution in [2.75, 3.05) is 39.3 Å². The van der Waals surface area contributed by atoms with Gasteiger partial charge in [-0.25, -0.2) is 17.2 Å². The van der Waals surface area contributed by atoms with E-state index in [9.17, 15) is 17.2 Å². The summed E-state index contributed by atoms with van der Waals surface area (Å²) in [5, 5.41) is 3.27. The predicted octanol–water partition coefficient (Wildman–Crippen LogP) is 1.05. The Balaban J connectivity index is 0.00000192. The SMILES string of the molecule is Cl.O=S(=O)(c1ccc(F)c(F)c1)N1CCC(N2CCNCC2)C1. The summed E-state index contributed by atoms with van der Waals surface area (Å²) in [7, 11) is -3.77. The Labute approximate surface area is 141 Å². The highest BCUT2D eigenvalue weighted by Gasteiger charge is 2.35. The number of benzene rings is 1. The van der Waals surface area contributed by atoms with Gasteiger partial charge >= 0.3 is 0 Å². The van der Waals surface area contributed by atoms with Crippen LogP contribution >= 0.6 is 12.4 Å². The second kappa shape index (κ2) is 7.40. The molecule has 0 radical (unpaired) electrons. The zero-order chi connectivity index (χ0) is 15.7. The van der Waals surface area contributed by atoms with Crippen LogP contribution in [0.2, 0.25) is 0 Å². The summed E-state index contributed by atoms with van der Waals surface area (Å²) in [4.78, 5) is 2.10. The maximum Gasteiger partial charge on any atom is 0.243 e. The van der Waals surface area contributed by atoms with E-state index in [-0.39, 0.29) is 23.3 Å². The van der Waals surface area contributed by atoms with Crippen molar-refractivity contribution in [1.82, 2.24) is 14.5 Å². The Morgan fingerprint density at radius 1 is 1.09 bits per heavy atom. The quantitative estimate of drug-likeness (QED) is 0.868. The van der Waals surface area contributed by atoms with E-state index in [4.69, 9.17) is 0 Å². The molecule has 1 aromatic carbocycles. The van der Waals surface area contributed by atoms with Crippen molar-refractivity contribution in [2.24, 2.45) is 0 Å². The van der Waals surface area contributed by atoms with Crippen LogP contribution in [0.1, 0.15) is 6.42 Å². The number of sulfonamides is 1. The maximum absolute atomic E-state index is 13.3. The first kappa shape index (κ1) is 18.5. The van der Waals surface area contributed by atoms with E-state index in [2.05, 4.69) is 10.2 Å². The van der Waals surface area contributed by atoms with Gasteiger partial charge in [0.1, 0.15) is 0 Å². The number of piperazine rings is 1. The minimum Gasteiger partial charge on any atom is -0.314 e. The molecular formula is C14H20ClF2N3O2S. The predicted molar refractivity (Wildman–Crippen MR) is 85.2 cm³/mol. The van der Waals surface area contributed by atoms with Gasteiger partial charge < -0.3 is 5.32 Å². The van der Waals surface area contributed by atoms with Crippen LogP contribution in [0.25, 0.3) is 0 Å². The van der Waals surface area contributed by atoms with E-state index in [1.54, 1.807) is 0 Å². The fourth-order valence-corrected chi connectivity index (χ4v) is 4.57. The van der Waals surface area contributed by atoms with Crippen LogP contribution < -0.4 is 5.32 Å². The standard InChI is InChI=1S/C14H19F2N3O2S.ClH/c15-13-2-1-12(9-14(13)16)22(20,21)19-6-3-11(10-19)18-7-4-17-5-8-18;/h1-2,9,11,17H,3-8,10H2;1H. The topological polar surface area (TPSA) is 52.7 Å². The minimum atomic E-state index is -3.77. The van der Waals surface area contributed by atoms with Crippen molar-refractivity contribution in [3.63, 3.8) is 0 Å². The third-order valence-corrected chi connectivity index (χ3v) is 6.18. The van der Waals surface area contributed by atoms with E-state index < -0.39 is 21.7 Å². The molecule has 9 heteroatoms. The molecule has 0 amide bonds. The highest BCUT2D eigenvalue weighted by molar-refractivity contribution is 7.89. The first-order chi connectivity index (χ1) is 10.5. The first-order valence-electron chi connectivity index (χ1n) is 7.38. The third-order valence-electron chi connectivity index (χ3n) is 4.32. The van der Waals surface area contributed by atoms with Crippen LogP contribution in [-0.4, -0.2) is 62.9 Å². The number of hydrogen-bond donors (Lipinski definition) is 1. The maximum atomic E-state index is 13.3. The monoisotopic (exact) mass is 367 g/mol. The highest BCUT2D eigenvalue weighted by Crippen LogP contribution is 2.24. The molecule has 23 heavy (non-hydrogen) atoms. The number of rotatable bonds is 3. The molecule has 1 atom stereocenters. The molecule has 1 N–H and O–H groups in total. The molecule has 2 aliphatic heterocycles. The normalized spacial score (nSPS) is 23.7. The lowest BCUT2D eigenvalue weighted by Crippen LogP contribution is -2.49. The number of nitrogens with one attached hydrogen (secondary N) is 1. The summed E-state index contributed by atoms with van der Waals surface area (Å²) >= 11 is 0. The van der Waals surface area contributed by atoms with Gasteiger partial charge in [-0.3, -0.25) is 4.90 Å². The second-order valence-electron chi connectivity index (χ2n) is 5.67. The van der Waals surface area contributed by atoms with Crippen LogP contribution in [0.4, 0.5) is 8.78 Å². The number of nitrogens with zero attached hydrogens (tertiary/aromatic N) is 2. The van der Waals surface area contributed by atoms with Crippen LogP contribution in [0.5, 0.6) is 0 Å². The highest BCUT2D eigenvalue weighted by atomic mass is 35.5. The van der Waals surface area contributed by atoms with E-state index in [1.165, 1.54) is 4.31 Å². The fraction of sp³-hybridized carbons (Fsp3) is 0.571. The average Bonchev–Trinajstić information content (AvgIpc) is 3.01. The van der Waals surface area contributed by atoms with Gasteiger partial charge in [0.05, 0.1) is 4.90 Å². The molecule has 2 saturated heterocycles. The van der Waals surface area contributed by atoms with Crippen LogP contribution in [0.15, 0.2) is 23.1 Å². The van der Waals surface area contributed by atoms with E-state index in [0.29, 0.717) is 13.1 Å². The molecule has 0 aromatic heterocycles. The van der Waals surface area contributed by atoms with Gasteiger partial charge in [-0.2, -0.15) is 4.31 Å². The van der Waals surface area contributed by atoms with E-state index >= 15 is 0 Å². The van der Waals surface area contributed by atoms with Gasteiger partial charge in [0.2, 0.25) is 10.0 Å². The third kappa shape index (κ3) is 3.83. The Hall–Kier alpha value is -0.800.